The Morgan fingerprint density at radius 2 is 1.91 bits per heavy atom. The van der Waals surface area contributed by atoms with Crippen LogP contribution >= 0.6 is 0 Å². The summed E-state index contributed by atoms with van der Waals surface area (Å²) in [6, 6.07) is 0. The molecular formula is C5H12N2O4. The number of hydrogen-bond donors (Lipinski definition) is 6. The number of hydroxylamine groups is 1. The van der Waals surface area contributed by atoms with Gasteiger partial charge >= 0.3 is 0 Å². The lowest BCUT2D eigenvalue weighted by molar-refractivity contribution is -0.306. The topological polar surface area (TPSA) is 119 Å². The monoisotopic (exact) mass is 164 g/mol. The van der Waals surface area contributed by atoms with Crippen LogP contribution in [0.4, 0.5) is 0 Å². The quantitative estimate of drug-likeness (QED) is 0.160. The highest BCUT2D eigenvalue weighted by Gasteiger charge is 2.44. The van der Waals surface area contributed by atoms with Crippen molar-refractivity contribution >= 4 is 0 Å². The van der Waals surface area contributed by atoms with Crippen molar-refractivity contribution in [2.45, 2.75) is 18.1 Å². The summed E-state index contributed by atoms with van der Waals surface area (Å²) in [6.07, 6.45) is 0.851. The molecule has 6 nitrogen and oxygen atoms in total. The number of nitrogens with two attached hydrogens (primary N) is 1. The molecule has 0 aliphatic heterocycles. The first-order valence-electron chi connectivity index (χ1n) is 2.85. The third-order valence-electron chi connectivity index (χ3n) is 1.23. The van der Waals surface area contributed by atoms with Crippen molar-refractivity contribution in [3.8, 4) is 0 Å². The molecule has 0 aromatic rings. The van der Waals surface area contributed by atoms with Crippen molar-refractivity contribution in [1.29, 1.82) is 0 Å². The summed E-state index contributed by atoms with van der Waals surface area (Å²) in [4.78, 5) is 0. The molecule has 0 amide bonds. The van der Waals surface area contributed by atoms with Crippen molar-refractivity contribution in [2.75, 3.05) is 0 Å². The van der Waals surface area contributed by atoms with Gasteiger partial charge in [-0.15, -0.1) is 6.58 Å². The van der Waals surface area contributed by atoms with Gasteiger partial charge in [0.15, 0.2) is 0 Å². The Balaban J connectivity index is 4.45. The van der Waals surface area contributed by atoms with Crippen LogP contribution < -0.4 is 11.2 Å². The van der Waals surface area contributed by atoms with E-state index >= 15 is 0 Å². The molecule has 6 heteroatoms. The molecule has 0 aliphatic carbocycles. The molecule has 0 aliphatic rings. The van der Waals surface area contributed by atoms with Crippen molar-refractivity contribution < 1.29 is 20.5 Å². The normalized spacial score (nSPS) is 17.5. The minimum Gasteiger partial charge on any atom is -0.368 e. The van der Waals surface area contributed by atoms with Gasteiger partial charge in [0.1, 0.15) is 0 Å². The average Bonchev–Trinajstić information content (AvgIpc) is 1.86. The molecule has 0 bridgehead atoms. The summed E-state index contributed by atoms with van der Waals surface area (Å²) in [5.41, 5.74) is 3.59. The summed E-state index contributed by atoms with van der Waals surface area (Å²) >= 11 is 0. The fourth-order valence-electron chi connectivity index (χ4n) is 0.487. The van der Waals surface area contributed by atoms with E-state index in [1.807, 2.05) is 0 Å². The molecule has 0 saturated carbocycles. The van der Waals surface area contributed by atoms with Crippen LogP contribution in [0.15, 0.2) is 12.7 Å². The maximum absolute atomic E-state index is 9.10. The molecule has 0 aromatic heterocycles. The molecule has 0 heterocycles. The minimum absolute atomic E-state index is 0.312. The molecule has 0 radical (unpaired) electrons. The fourth-order valence-corrected chi connectivity index (χ4v) is 0.487. The van der Waals surface area contributed by atoms with E-state index in [0.717, 1.165) is 6.08 Å². The first-order chi connectivity index (χ1) is 4.87. The van der Waals surface area contributed by atoms with E-state index in [1.165, 1.54) is 5.48 Å². The molecule has 0 aromatic carbocycles. The summed E-state index contributed by atoms with van der Waals surface area (Å²) < 4.78 is 0. The molecule has 1 unspecified atom stereocenters. The number of nitrogens with one attached hydrogen (secondary N) is 1. The highest BCUT2D eigenvalue weighted by atomic mass is 16.6. The van der Waals surface area contributed by atoms with Crippen molar-refractivity contribution in [2.24, 2.45) is 5.73 Å². The van der Waals surface area contributed by atoms with E-state index in [1.54, 1.807) is 0 Å². The predicted molar refractivity (Wildman–Crippen MR) is 36.0 cm³/mol. The Labute approximate surface area is 63.5 Å². The Kier molecular flexibility index (Phi) is 3.12. The van der Waals surface area contributed by atoms with Crippen LogP contribution in [0, 0.1) is 0 Å². The summed E-state index contributed by atoms with van der Waals surface area (Å²) in [7, 11) is 0. The van der Waals surface area contributed by atoms with Crippen molar-refractivity contribution in [1.82, 2.24) is 5.48 Å². The number of rotatable bonds is 4. The highest BCUT2D eigenvalue weighted by molar-refractivity contribution is 4.89. The maximum Gasteiger partial charge on any atom is 0.267 e. The van der Waals surface area contributed by atoms with Crippen LogP contribution in [0.5, 0.6) is 0 Å². The summed E-state index contributed by atoms with van der Waals surface area (Å²) in [5, 5.41) is 34.8. The van der Waals surface area contributed by atoms with Crippen molar-refractivity contribution in [3.63, 3.8) is 0 Å². The Morgan fingerprint density at radius 1 is 1.45 bits per heavy atom. The van der Waals surface area contributed by atoms with Crippen molar-refractivity contribution in [3.05, 3.63) is 12.7 Å². The zero-order chi connectivity index (χ0) is 9.12. The third kappa shape index (κ3) is 2.22. The van der Waals surface area contributed by atoms with Crippen LogP contribution in [0.1, 0.15) is 6.42 Å². The zero-order valence-electron chi connectivity index (χ0n) is 5.86. The SMILES string of the molecule is C=CCC(O)(NO)C(N)(O)O. The van der Waals surface area contributed by atoms with Crippen LogP contribution in [-0.4, -0.2) is 32.2 Å². The molecule has 0 spiro atoms. The van der Waals surface area contributed by atoms with Gasteiger partial charge in [-0.05, 0) is 0 Å². The Hall–Kier alpha value is -0.500. The van der Waals surface area contributed by atoms with Crippen LogP contribution in [-0.2, 0) is 0 Å². The van der Waals surface area contributed by atoms with Crippen LogP contribution in [0.3, 0.4) is 0 Å². The minimum atomic E-state index is -2.92. The van der Waals surface area contributed by atoms with Gasteiger partial charge in [0, 0.05) is 6.42 Å². The summed E-state index contributed by atoms with van der Waals surface area (Å²) in [5.74, 6) is -2.92. The first-order valence-corrected chi connectivity index (χ1v) is 2.85. The second kappa shape index (κ2) is 3.26. The lowest BCUT2D eigenvalue weighted by Gasteiger charge is -2.33. The Morgan fingerprint density at radius 3 is 2.00 bits per heavy atom. The molecule has 1 atom stereocenters. The van der Waals surface area contributed by atoms with Gasteiger partial charge in [-0.3, -0.25) is 5.73 Å². The number of hydrogen-bond acceptors (Lipinski definition) is 6. The van der Waals surface area contributed by atoms with Gasteiger partial charge in [0.2, 0.25) is 5.72 Å². The molecule has 66 valence electrons. The highest BCUT2D eigenvalue weighted by Crippen LogP contribution is 2.15. The first kappa shape index (κ1) is 10.5. The van der Waals surface area contributed by atoms with Gasteiger partial charge in [-0.2, -0.15) is 5.48 Å². The van der Waals surface area contributed by atoms with Gasteiger partial charge < -0.3 is 20.5 Å². The van der Waals surface area contributed by atoms with E-state index in [-0.39, 0.29) is 6.42 Å². The van der Waals surface area contributed by atoms with E-state index in [0.29, 0.717) is 0 Å². The predicted octanol–water partition coefficient (Wildman–Crippen LogP) is -2.17. The van der Waals surface area contributed by atoms with Gasteiger partial charge in [0.05, 0.1) is 0 Å². The van der Waals surface area contributed by atoms with E-state index in [9.17, 15) is 0 Å². The van der Waals surface area contributed by atoms with Gasteiger partial charge in [0.25, 0.3) is 5.91 Å². The summed E-state index contributed by atoms with van der Waals surface area (Å²) in [6.45, 7) is 3.22. The standard InChI is InChI=1S/C5H12N2O4/c1-2-3-4(8,7-11)5(6,9)10/h2,7-11H,1,3,6H2. The molecule has 0 rings (SSSR count). The van der Waals surface area contributed by atoms with E-state index in [4.69, 9.17) is 26.3 Å². The van der Waals surface area contributed by atoms with Crippen LogP contribution in [0.25, 0.3) is 0 Å². The second-order valence-corrected chi connectivity index (χ2v) is 2.19. The smallest absolute Gasteiger partial charge is 0.267 e. The molecular weight excluding hydrogens is 152 g/mol. The maximum atomic E-state index is 9.10. The fraction of sp³-hybridized carbons (Fsp3) is 0.600. The number of aliphatic hydroxyl groups is 3. The van der Waals surface area contributed by atoms with Gasteiger partial charge in [-0.25, -0.2) is 0 Å². The third-order valence-corrected chi connectivity index (χ3v) is 1.23. The molecule has 7 N–H and O–H groups in total. The largest absolute Gasteiger partial charge is 0.368 e. The van der Waals surface area contributed by atoms with E-state index in [2.05, 4.69) is 6.58 Å². The lowest BCUT2D eigenvalue weighted by atomic mass is 10.1. The molecule has 11 heavy (non-hydrogen) atoms. The van der Waals surface area contributed by atoms with E-state index < -0.39 is 11.6 Å². The van der Waals surface area contributed by atoms with Crippen LogP contribution in [0.2, 0.25) is 0 Å². The second-order valence-electron chi connectivity index (χ2n) is 2.19. The lowest BCUT2D eigenvalue weighted by Crippen LogP contribution is -2.67. The van der Waals surface area contributed by atoms with Gasteiger partial charge in [-0.1, -0.05) is 6.08 Å². The molecule has 0 fully saturated rings. The molecule has 0 saturated heterocycles. The zero-order valence-corrected chi connectivity index (χ0v) is 5.86. The Bertz CT molecular complexity index is 144. The average molecular weight is 164 g/mol.